The van der Waals surface area contributed by atoms with Crippen LogP contribution in [0.4, 0.5) is 0 Å². The van der Waals surface area contributed by atoms with Crippen LogP contribution >= 0.6 is 0 Å². The lowest BCUT2D eigenvalue weighted by Crippen LogP contribution is -2.42. The normalized spacial score (nSPS) is 13.1. The predicted molar refractivity (Wildman–Crippen MR) is 88.3 cm³/mol. The van der Waals surface area contributed by atoms with Gasteiger partial charge >= 0.3 is 5.97 Å². The van der Waals surface area contributed by atoms with E-state index in [4.69, 9.17) is 5.11 Å². The molecule has 1 amide bonds. The lowest BCUT2D eigenvalue weighted by Gasteiger charge is -2.18. The summed E-state index contributed by atoms with van der Waals surface area (Å²) in [5, 5.41) is 15.7. The SMILES string of the molecule is Cc1cc(=O)c(C(=O)NC(C)C(C)C(=O)O)nn1-c1ccccc1. The van der Waals surface area contributed by atoms with Gasteiger partial charge in [0.2, 0.25) is 5.43 Å². The van der Waals surface area contributed by atoms with Gasteiger partial charge in [-0.1, -0.05) is 18.2 Å². The van der Waals surface area contributed by atoms with Crippen LogP contribution in [0.5, 0.6) is 0 Å². The molecule has 24 heavy (non-hydrogen) atoms. The molecule has 0 aliphatic rings. The van der Waals surface area contributed by atoms with E-state index in [0.29, 0.717) is 5.69 Å². The van der Waals surface area contributed by atoms with Gasteiger partial charge in [0.25, 0.3) is 5.91 Å². The van der Waals surface area contributed by atoms with E-state index in [1.807, 2.05) is 18.2 Å². The molecule has 0 fully saturated rings. The summed E-state index contributed by atoms with van der Waals surface area (Å²) >= 11 is 0. The number of hydrogen-bond donors (Lipinski definition) is 2. The number of benzene rings is 1. The molecule has 7 nitrogen and oxygen atoms in total. The maximum atomic E-state index is 12.3. The summed E-state index contributed by atoms with van der Waals surface area (Å²) in [6.07, 6.45) is 0. The van der Waals surface area contributed by atoms with Crippen molar-refractivity contribution < 1.29 is 14.7 Å². The van der Waals surface area contributed by atoms with Gasteiger partial charge in [0.1, 0.15) is 0 Å². The van der Waals surface area contributed by atoms with Crippen LogP contribution < -0.4 is 10.7 Å². The number of amides is 1. The Morgan fingerprint density at radius 1 is 1.21 bits per heavy atom. The zero-order chi connectivity index (χ0) is 17.9. The Kier molecular flexibility index (Phi) is 5.13. The van der Waals surface area contributed by atoms with Crippen molar-refractivity contribution in [3.05, 3.63) is 58.0 Å². The van der Waals surface area contributed by atoms with Gasteiger partial charge in [-0.05, 0) is 32.9 Å². The highest BCUT2D eigenvalue weighted by atomic mass is 16.4. The third-order valence-corrected chi connectivity index (χ3v) is 3.82. The summed E-state index contributed by atoms with van der Waals surface area (Å²) in [6, 6.07) is 9.81. The van der Waals surface area contributed by atoms with E-state index < -0.39 is 29.3 Å². The smallest absolute Gasteiger partial charge is 0.308 e. The van der Waals surface area contributed by atoms with Crippen LogP contribution in [0.25, 0.3) is 5.69 Å². The quantitative estimate of drug-likeness (QED) is 0.863. The van der Waals surface area contributed by atoms with Gasteiger partial charge in [-0.25, -0.2) is 4.68 Å². The van der Waals surface area contributed by atoms with Crippen molar-refractivity contribution in [1.82, 2.24) is 15.1 Å². The van der Waals surface area contributed by atoms with Crippen LogP contribution in [0.3, 0.4) is 0 Å². The monoisotopic (exact) mass is 329 g/mol. The highest BCUT2D eigenvalue weighted by Gasteiger charge is 2.23. The molecule has 2 rings (SSSR count). The second-order valence-corrected chi connectivity index (χ2v) is 5.63. The Hall–Kier alpha value is -2.96. The van der Waals surface area contributed by atoms with E-state index in [0.717, 1.165) is 5.69 Å². The molecule has 1 aromatic carbocycles. The number of aliphatic carboxylic acids is 1. The van der Waals surface area contributed by atoms with E-state index in [1.54, 1.807) is 26.0 Å². The van der Waals surface area contributed by atoms with Crippen LogP contribution in [-0.2, 0) is 4.79 Å². The van der Waals surface area contributed by atoms with Gasteiger partial charge in [-0.15, -0.1) is 0 Å². The van der Waals surface area contributed by atoms with Crippen molar-refractivity contribution in [3.63, 3.8) is 0 Å². The summed E-state index contributed by atoms with van der Waals surface area (Å²) in [5.41, 5.74) is 0.534. The van der Waals surface area contributed by atoms with Gasteiger partial charge in [0.15, 0.2) is 5.69 Å². The van der Waals surface area contributed by atoms with Gasteiger partial charge in [0.05, 0.1) is 11.6 Å². The first-order chi connectivity index (χ1) is 11.3. The van der Waals surface area contributed by atoms with Crippen molar-refractivity contribution in [2.75, 3.05) is 0 Å². The minimum Gasteiger partial charge on any atom is -0.481 e. The molecule has 2 aromatic rings. The summed E-state index contributed by atoms with van der Waals surface area (Å²) < 4.78 is 1.50. The molecular weight excluding hydrogens is 310 g/mol. The molecule has 0 bridgehead atoms. The van der Waals surface area contributed by atoms with Gasteiger partial charge in [-0.3, -0.25) is 14.4 Å². The Balaban J connectivity index is 2.35. The second-order valence-electron chi connectivity index (χ2n) is 5.63. The third kappa shape index (κ3) is 3.68. The topological polar surface area (TPSA) is 101 Å². The zero-order valence-electron chi connectivity index (χ0n) is 13.7. The van der Waals surface area contributed by atoms with E-state index >= 15 is 0 Å². The number of rotatable bonds is 5. The summed E-state index contributed by atoms with van der Waals surface area (Å²) in [4.78, 5) is 35.4. The molecule has 1 heterocycles. The summed E-state index contributed by atoms with van der Waals surface area (Å²) in [6.45, 7) is 4.77. The van der Waals surface area contributed by atoms with Crippen molar-refractivity contribution in [3.8, 4) is 5.69 Å². The minimum absolute atomic E-state index is 0.270. The van der Waals surface area contributed by atoms with Crippen molar-refractivity contribution >= 4 is 11.9 Å². The Labute approximate surface area is 138 Å². The molecule has 126 valence electrons. The maximum absolute atomic E-state index is 12.3. The van der Waals surface area contributed by atoms with Crippen LogP contribution in [0.15, 0.2) is 41.2 Å². The molecule has 2 N–H and O–H groups in total. The highest BCUT2D eigenvalue weighted by Crippen LogP contribution is 2.08. The van der Waals surface area contributed by atoms with Crippen LogP contribution in [0.1, 0.15) is 30.0 Å². The summed E-state index contributed by atoms with van der Waals surface area (Å²) in [7, 11) is 0. The molecule has 0 aliphatic heterocycles. The lowest BCUT2D eigenvalue weighted by atomic mass is 10.0. The highest BCUT2D eigenvalue weighted by molar-refractivity contribution is 5.92. The van der Waals surface area contributed by atoms with Crippen LogP contribution in [0, 0.1) is 12.8 Å². The fourth-order valence-electron chi connectivity index (χ4n) is 2.15. The molecule has 1 aromatic heterocycles. The average molecular weight is 329 g/mol. The largest absolute Gasteiger partial charge is 0.481 e. The molecule has 2 unspecified atom stereocenters. The predicted octanol–water partition coefficient (Wildman–Crippen LogP) is 1.38. The van der Waals surface area contributed by atoms with Gasteiger partial charge in [-0.2, -0.15) is 5.10 Å². The number of nitrogens with zero attached hydrogens (tertiary/aromatic N) is 2. The summed E-state index contributed by atoms with van der Waals surface area (Å²) in [5.74, 6) is -2.50. The molecule has 7 heteroatoms. The van der Waals surface area contributed by atoms with E-state index in [-0.39, 0.29) is 5.69 Å². The average Bonchev–Trinajstić information content (AvgIpc) is 2.54. The number of para-hydroxylation sites is 1. The number of carbonyl (C=O) groups is 2. The molecule has 0 saturated carbocycles. The number of aryl methyl sites for hydroxylation is 1. The second kappa shape index (κ2) is 7.08. The molecule has 0 radical (unpaired) electrons. The molecule has 0 spiro atoms. The number of nitrogens with one attached hydrogen (secondary N) is 1. The minimum atomic E-state index is -1.03. The van der Waals surface area contributed by atoms with E-state index in [2.05, 4.69) is 10.4 Å². The Bertz CT molecular complexity index is 814. The van der Waals surface area contributed by atoms with Crippen molar-refractivity contribution in [2.24, 2.45) is 5.92 Å². The molecule has 0 saturated heterocycles. The molecule has 2 atom stereocenters. The number of carboxylic acids is 1. The number of carboxylic acid groups (broad SMARTS) is 1. The van der Waals surface area contributed by atoms with Crippen molar-refractivity contribution in [1.29, 1.82) is 0 Å². The molecule has 0 aliphatic carbocycles. The van der Waals surface area contributed by atoms with Crippen LogP contribution in [0.2, 0.25) is 0 Å². The van der Waals surface area contributed by atoms with Crippen LogP contribution in [-0.4, -0.2) is 32.8 Å². The van der Waals surface area contributed by atoms with Crippen molar-refractivity contribution in [2.45, 2.75) is 26.8 Å². The third-order valence-electron chi connectivity index (χ3n) is 3.82. The number of aromatic nitrogens is 2. The standard InChI is InChI=1S/C17H19N3O4/c1-10-9-14(21)15(16(22)18-12(3)11(2)17(23)24)19-20(10)13-7-5-4-6-8-13/h4-9,11-12H,1-3H3,(H,18,22)(H,23,24). The fraction of sp³-hybridized carbons (Fsp3) is 0.294. The first-order valence-electron chi connectivity index (χ1n) is 7.51. The maximum Gasteiger partial charge on any atom is 0.308 e. The Morgan fingerprint density at radius 2 is 1.83 bits per heavy atom. The Morgan fingerprint density at radius 3 is 2.42 bits per heavy atom. The van der Waals surface area contributed by atoms with Gasteiger partial charge < -0.3 is 10.4 Å². The first-order valence-corrected chi connectivity index (χ1v) is 7.51. The number of hydrogen-bond acceptors (Lipinski definition) is 4. The lowest BCUT2D eigenvalue weighted by molar-refractivity contribution is -0.141. The van der Waals surface area contributed by atoms with Gasteiger partial charge in [0, 0.05) is 17.8 Å². The van der Waals surface area contributed by atoms with E-state index in [9.17, 15) is 14.4 Å². The number of carbonyl (C=O) groups excluding carboxylic acids is 1. The first kappa shape index (κ1) is 17.4. The fourth-order valence-corrected chi connectivity index (χ4v) is 2.15. The zero-order valence-corrected chi connectivity index (χ0v) is 13.7. The van der Waals surface area contributed by atoms with E-state index in [1.165, 1.54) is 17.7 Å². The molecular formula is C17H19N3O4.